The topological polar surface area (TPSA) is 50.4 Å². The molecule has 1 aliphatic heterocycles. The van der Waals surface area contributed by atoms with E-state index in [1.807, 2.05) is 67.6 Å². The smallest absolute Gasteiger partial charge is 0.260 e. The number of carbonyl (C=O) groups excluding carboxylic acids is 1. The molecule has 4 nitrogen and oxygen atoms in total. The van der Waals surface area contributed by atoms with E-state index in [2.05, 4.69) is 41.0 Å². The number of rotatable bonds is 6. The van der Waals surface area contributed by atoms with Crippen LogP contribution >= 0.6 is 23.4 Å². The number of amides is 1. The molecule has 4 aromatic rings. The van der Waals surface area contributed by atoms with Crippen molar-refractivity contribution in [2.75, 3.05) is 5.32 Å². The third-order valence-corrected chi connectivity index (χ3v) is 6.92. The summed E-state index contributed by atoms with van der Waals surface area (Å²) < 4.78 is 6.02. The van der Waals surface area contributed by atoms with Crippen LogP contribution in [0.15, 0.2) is 89.8 Å². The predicted molar refractivity (Wildman–Crippen MR) is 142 cm³/mol. The summed E-state index contributed by atoms with van der Waals surface area (Å²) in [6.45, 7) is 2.48. The van der Waals surface area contributed by atoms with E-state index in [4.69, 9.17) is 16.3 Å². The summed E-state index contributed by atoms with van der Waals surface area (Å²) in [5, 5.41) is 9.41. The molecule has 1 heterocycles. The van der Waals surface area contributed by atoms with Crippen molar-refractivity contribution < 1.29 is 9.53 Å². The number of aryl methyl sites for hydroxylation is 1. The lowest BCUT2D eigenvalue weighted by atomic mass is 10.1. The molecule has 0 aromatic heterocycles. The van der Waals surface area contributed by atoms with Crippen LogP contribution in [0.5, 0.6) is 5.75 Å². The third-order valence-electron chi connectivity index (χ3n) is 5.66. The van der Waals surface area contributed by atoms with Gasteiger partial charge in [0.1, 0.15) is 12.4 Å². The molecule has 2 N–H and O–H groups in total. The predicted octanol–water partition coefficient (Wildman–Crippen LogP) is 6.98. The minimum Gasteiger partial charge on any atom is -0.489 e. The number of anilines is 1. The second-order valence-corrected chi connectivity index (χ2v) is 9.66. The number of halogens is 1. The fourth-order valence-electron chi connectivity index (χ4n) is 3.89. The van der Waals surface area contributed by atoms with Gasteiger partial charge in [-0.15, -0.1) is 0 Å². The summed E-state index contributed by atoms with van der Waals surface area (Å²) in [5.41, 5.74) is 3.83. The molecule has 1 atom stereocenters. The second-order valence-electron chi connectivity index (χ2n) is 8.08. The van der Waals surface area contributed by atoms with Crippen molar-refractivity contribution in [3.05, 3.63) is 112 Å². The molecule has 0 aliphatic carbocycles. The zero-order valence-corrected chi connectivity index (χ0v) is 20.1. The maximum atomic E-state index is 12.5. The van der Waals surface area contributed by atoms with Gasteiger partial charge < -0.3 is 15.4 Å². The Labute approximate surface area is 208 Å². The van der Waals surface area contributed by atoms with E-state index in [0.717, 1.165) is 28.1 Å². The first-order valence-corrected chi connectivity index (χ1v) is 12.2. The maximum Gasteiger partial charge on any atom is 0.260 e. The van der Waals surface area contributed by atoms with Crippen molar-refractivity contribution in [1.29, 1.82) is 0 Å². The van der Waals surface area contributed by atoms with Gasteiger partial charge in [0.05, 0.1) is 4.91 Å². The fraction of sp³-hybridized carbons (Fsp3) is 0.107. The van der Waals surface area contributed by atoms with E-state index in [1.54, 1.807) is 0 Å². The molecule has 0 saturated carbocycles. The SMILES string of the molecule is Cc1cc(Cl)ccc1NC1NC(=O)/C(=C/c2ccc(OCc3cccc4ccccc34)cc2)S1. The number of fused-ring (bicyclic) bond motifs is 1. The molecule has 1 fully saturated rings. The Kier molecular flexibility index (Phi) is 6.48. The first-order chi connectivity index (χ1) is 16.5. The van der Waals surface area contributed by atoms with Gasteiger partial charge in [-0.1, -0.05) is 78.0 Å². The molecule has 0 bridgehead atoms. The van der Waals surface area contributed by atoms with Crippen LogP contribution in [-0.2, 0) is 11.4 Å². The van der Waals surface area contributed by atoms with Gasteiger partial charge in [0.15, 0.2) is 5.50 Å². The summed E-state index contributed by atoms with van der Waals surface area (Å²) in [5.74, 6) is 0.696. The average molecular weight is 487 g/mol. The molecular formula is C28H23ClN2O2S. The Morgan fingerprint density at radius 1 is 1.03 bits per heavy atom. The van der Waals surface area contributed by atoms with Crippen LogP contribution in [0.2, 0.25) is 5.02 Å². The van der Waals surface area contributed by atoms with Crippen molar-refractivity contribution >= 4 is 51.8 Å². The van der Waals surface area contributed by atoms with Gasteiger partial charge in [0, 0.05) is 10.7 Å². The molecule has 34 heavy (non-hydrogen) atoms. The third kappa shape index (κ3) is 5.06. The number of thioether (sulfide) groups is 1. The average Bonchev–Trinajstić information content (AvgIpc) is 3.19. The highest BCUT2D eigenvalue weighted by Gasteiger charge is 2.27. The normalized spacial score (nSPS) is 16.6. The van der Waals surface area contributed by atoms with E-state index >= 15 is 0 Å². The molecule has 0 radical (unpaired) electrons. The monoisotopic (exact) mass is 486 g/mol. The maximum absolute atomic E-state index is 12.5. The standard InChI is InChI=1S/C28H23ClN2O2S/c1-18-15-22(29)11-14-25(18)30-28-31-27(32)26(34-28)16-19-9-12-23(13-10-19)33-17-21-7-4-6-20-5-2-3-8-24(20)21/h2-16,28,30H,17H2,1H3,(H,31,32)/b26-16-. The molecule has 0 spiro atoms. The first kappa shape index (κ1) is 22.4. The van der Waals surface area contributed by atoms with Gasteiger partial charge in [-0.25, -0.2) is 0 Å². The van der Waals surface area contributed by atoms with Crippen LogP contribution in [0.1, 0.15) is 16.7 Å². The van der Waals surface area contributed by atoms with Crippen molar-refractivity contribution in [2.45, 2.75) is 19.0 Å². The largest absolute Gasteiger partial charge is 0.489 e. The zero-order valence-electron chi connectivity index (χ0n) is 18.5. The van der Waals surface area contributed by atoms with Crippen molar-refractivity contribution in [2.24, 2.45) is 0 Å². The minimum atomic E-state index is -0.234. The molecule has 1 amide bonds. The number of nitrogens with one attached hydrogen (secondary N) is 2. The number of benzene rings is 4. The van der Waals surface area contributed by atoms with Gasteiger partial charge in [-0.2, -0.15) is 0 Å². The van der Waals surface area contributed by atoms with Gasteiger partial charge in [0.25, 0.3) is 5.91 Å². The van der Waals surface area contributed by atoms with Crippen molar-refractivity contribution in [3.63, 3.8) is 0 Å². The van der Waals surface area contributed by atoms with Gasteiger partial charge in [-0.3, -0.25) is 4.79 Å². The lowest BCUT2D eigenvalue weighted by molar-refractivity contribution is -0.116. The van der Waals surface area contributed by atoms with E-state index in [-0.39, 0.29) is 11.4 Å². The lowest BCUT2D eigenvalue weighted by Crippen LogP contribution is -2.31. The number of carbonyl (C=O) groups is 1. The molecule has 6 heteroatoms. The molecule has 5 rings (SSSR count). The van der Waals surface area contributed by atoms with E-state index < -0.39 is 0 Å². The van der Waals surface area contributed by atoms with E-state index in [9.17, 15) is 4.79 Å². The zero-order chi connectivity index (χ0) is 23.5. The number of ether oxygens (including phenoxy) is 1. The Hall–Kier alpha value is -3.41. The first-order valence-electron chi connectivity index (χ1n) is 11.0. The Balaban J connectivity index is 1.22. The highest BCUT2D eigenvalue weighted by molar-refractivity contribution is 8.05. The molecule has 1 saturated heterocycles. The van der Waals surface area contributed by atoms with Crippen LogP contribution < -0.4 is 15.4 Å². The summed E-state index contributed by atoms with van der Waals surface area (Å²) in [6, 6.07) is 28.0. The van der Waals surface area contributed by atoms with Crippen LogP contribution in [-0.4, -0.2) is 11.4 Å². The Bertz CT molecular complexity index is 1380. The van der Waals surface area contributed by atoms with Crippen molar-refractivity contribution in [1.82, 2.24) is 5.32 Å². The molecule has 1 aliphatic rings. The molecule has 1 unspecified atom stereocenters. The van der Waals surface area contributed by atoms with Gasteiger partial charge >= 0.3 is 0 Å². The minimum absolute atomic E-state index is 0.0922. The van der Waals surface area contributed by atoms with Gasteiger partial charge in [-0.05, 0) is 70.8 Å². The Morgan fingerprint density at radius 3 is 2.65 bits per heavy atom. The van der Waals surface area contributed by atoms with Crippen LogP contribution in [0, 0.1) is 6.92 Å². The van der Waals surface area contributed by atoms with Crippen LogP contribution in [0.25, 0.3) is 16.8 Å². The molecule has 4 aromatic carbocycles. The van der Waals surface area contributed by atoms with Crippen LogP contribution in [0.4, 0.5) is 5.69 Å². The fourth-order valence-corrected chi connectivity index (χ4v) is 5.09. The highest BCUT2D eigenvalue weighted by Crippen LogP contribution is 2.32. The van der Waals surface area contributed by atoms with E-state index in [0.29, 0.717) is 16.5 Å². The summed E-state index contributed by atoms with van der Waals surface area (Å²) in [4.78, 5) is 13.1. The molecular weight excluding hydrogens is 464 g/mol. The number of hydrogen-bond acceptors (Lipinski definition) is 4. The summed E-state index contributed by atoms with van der Waals surface area (Å²) in [6.07, 6.45) is 1.89. The van der Waals surface area contributed by atoms with Crippen molar-refractivity contribution in [3.8, 4) is 5.75 Å². The second kappa shape index (κ2) is 9.84. The quantitative estimate of drug-likeness (QED) is 0.289. The van der Waals surface area contributed by atoms with Crippen LogP contribution in [0.3, 0.4) is 0 Å². The summed E-state index contributed by atoms with van der Waals surface area (Å²) >= 11 is 7.49. The van der Waals surface area contributed by atoms with Gasteiger partial charge in [0.2, 0.25) is 0 Å². The Morgan fingerprint density at radius 2 is 1.82 bits per heavy atom. The summed E-state index contributed by atoms with van der Waals surface area (Å²) in [7, 11) is 0. The molecule has 170 valence electrons. The number of hydrogen-bond donors (Lipinski definition) is 2. The highest BCUT2D eigenvalue weighted by atomic mass is 35.5. The van der Waals surface area contributed by atoms with E-state index in [1.165, 1.54) is 22.5 Å². The lowest BCUT2D eigenvalue weighted by Gasteiger charge is -2.15.